The summed E-state index contributed by atoms with van der Waals surface area (Å²) in [7, 11) is 0. The van der Waals surface area contributed by atoms with E-state index >= 15 is 0 Å². The fraction of sp³-hybridized carbons (Fsp3) is 0.385. The van der Waals surface area contributed by atoms with Crippen LogP contribution in [0.5, 0.6) is 0 Å². The third-order valence-electron chi connectivity index (χ3n) is 3.36. The predicted octanol–water partition coefficient (Wildman–Crippen LogP) is 3.22. The molecule has 0 saturated carbocycles. The highest BCUT2D eigenvalue weighted by Crippen LogP contribution is 2.24. The van der Waals surface area contributed by atoms with Crippen LogP contribution in [0.1, 0.15) is 18.4 Å². The van der Waals surface area contributed by atoms with Crippen LogP contribution in [0.15, 0.2) is 28.9 Å². The van der Waals surface area contributed by atoms with Crippen LogP contribution >= 0.6 is 15.9 Å². The Morgan fingerprint density at radius 1 is 1.38 bits per heavy atom. The molecule has 1 aromatic carbocycles. The zero-order valence-electron chi connectivity index (χ0n) is 9.09. The molecule has 84 valence electrons. The minimum absolute atomic E-state index is 0.665. The van der Waals surface area contributed by atoms with Crippen LogP contribution in [0.4, 0.5) is 0 Å². The summed E-state index contributed by atoms with van der Waals surface area (Å²) in [6.45, 7) is 1.18. The number of hydrogen-bond acceptors (Lipinski definition) is 1. The molecule has 1 saturated heterocycles. The van der Waals surface area contributed by atoms with Gasteiger partial charge in [-0.2, -0.15) is 0 Å². The van der Waals surface area contributed by atoms with E-state index in [1.807, 2.05) is 0 Å². The fourth-order valence-electron chi connectivity index (χ4n) is 2.52. The molecule has 1 atom stereocenters. The SMILES string of the molecule is Brc1ccc2[nH]cc(C[C@H]3CCCN3)c2c1. The molecular formula is C13H15BrN2. The molecule has 0 unspecified atom stereocenters. The minimum atomic E-state index is 0.665. The van der Waals surface area contributed by atoms with E-state index in [0.29, 0.717) is 6.04 Å². The molecule has 0 spiro atoms. The maximum absolute atomic E-state index is 3.55. The first-order valence-electron chi connectivity index (χ1n) is 5.82. The van der Waals surface area contributed by atoms with E-state index in [4.69, 9.17) is 0 Å². The number of hydrogen-bond donors (Lipinski definition) is 2. The monoisotopic (exact) mass is 278 g/mol. The van der Waals surface area contributed by atoms with E-state index in [0.717, 1.165) is 10.9 Å². The predicted molar refractivity (Wildman–Crippen MR) is 70.7 cm³/mol. The number of halogens is 1. The lowest BCUT2D eigenvalue weighted by molar-refractivity contribution is 0.605. The van der Waals surface area contributed by atoms with E-state index in [1.165, 1.54) is 35.9 Å². The maximum Gasteiger partial charge on any atom is 0.0457 e. The Labute approximate surface area is 104 Å². The van der Waals surface area contributed by atoms with E-state index in [2.05, 4.69) is 50.6 Å². The van der Waals surface area contributed by atoms with Crippen LogP contribution in [-0.2, 0) is 6.42 Å². The number of rotatable bonds is 2. The molecule has 16 heavy (non-hydrogen) atoms. The van der Waals surface area contributed by atoms with Gasteiger partial charge in [0.25, 0.3) is 0 Å². The summed E-state index contributed by atoms with van der Waals surface area (Å²) in [6, 6.07) is 7.08. The van der Waals surface area contributed by atoms with Crippen LogP contribution < -0.4 is 5.32 Å². The lowest BCUT2D eigenvalue weighted by Gasteiger charge is -2.08. The number of aromatic amines is 1. The summed E-state index contributed by atoms with van der Waals surface area (Å²) in [5.41, 5.74) is 2.66. The van der Waals surface area contributed by atoms with Gasteiger partial charge in [0.15, 0.2) is 0 Å². The summed E-state index contributed by atoms with van der Waals surface area (Å²) >= 11 is 3.53. The third kappa shape index (κ3) is 1.89. The third-order valence-corrected chi connectivity index (χ3v) is 3.85. The second kappa shape index (κ2) is 4.22. The van der Waals surface area contributed by atoms with Crippen molar-refractivity contribution in [1.82, 2.24) is 10.3 Å². The van der Waals surface area contributed by atoms with E-state index < -0.39 is 0 Å². The quantitative estimate of drug-likeness (QED) is 0.868. The van der Waals surface area contributed by atoms with Crippen molar-refractivity contribution in [3.05, 3.63) is 34.4 Å². The minimum Gasteiger partial charge on any atom is -0.361 e. The maximum atomic E-state index is 3.55. The Balaban J connectivity index is 1.93. The number of benzene rings is 1. The summed E-state index contributed by atoms with van der Waals surface area (Å²) in [5, 5.41) is 4.90. The first-order chi connectivity index (χ1) is 7.83. The molecule has 3 heteroatoms. The highest BCUT2D eigenvalue weighted by Gasteiger charge is 2.16. The Hall–Kier alpha value is -0.800. The zero-order chi connectivity index (χ0) is 11.0. The fourth-order valence-corrected chi connectivity index (χ4v) is 2.88. The molecule has 1 aliphatic rings. The molecule has 2 aromatic rings. The normalized spacial score (nSPS) is 20.7. The first kappa shape index (κ1) is 10.4. The van der Waals surface area contributed by atoms with Gasteiger partial charge in [-0.1, -0.05) is 15.9 Å². The van der Waals surface area contributed by atoms with Gasteiger partial charge in [0.2, 0.25) is 0 Å². The van der Waals surface area contributed by atoms with Crippen molar-refractivity contribution in [2.45, 2.75) is 25.3 Å². The highest BCUT2D eigenvalue weighted by atomic mass is 79.9. The van der Waals surface area contributed by atoms with Gasteiger partial charge >= 0.3 is 0 Å². The molecule has 1 aliphatic heterocycles. The van der Waals surface area contributed by atoms with Crippen molar-refractivity contribution in [2.24, 2.45) is 0 Å². The van der Waals surface area contributed by atoms with Crippen LogP contribution in [0, 0.1) is 0 Å². The smallest absolute Gasteiger partial charge is 0.0457 e. The summed E-state index contributed by atoms with van der Waals surface area (Å²) < 4.78 is 1.15. The number of nitrogens with one attached hydrogen (secondary N) is 2. The average molecular weight is 279 g/mol. The summed E-state index contributed by atoms with van der Waals surface area (Å²) in [4.78, 5) is 3.34. The molecule has 0 aliphatic carbocycles. The van der Waals surface area contributed by atoms with Crippen LogP contribution in [-0.4, -0.2) is 17.6 Å². The Morgan fingerprint density at radius 2 is 2.31 bits per heavy atom. The largest absolute Gasteiger partial charge is 0.361 e. The Bertz CT molecular complexity index is 498. The van der Waals surface area contributed by atoms with Crippen molar-refractivity contribution in [2.75, 3.05) is 6.54 Å². The van der Waals surface area contributed by atoms with Crippen molar-refractivity contribution in [3.8, 4) is 0 Å². The molecule has 1 aromatic heterocycles. The van der Waals surface area contributed by atoms with Gasteiger partial charge in [0.1, 0.15) is 0 Å². The summed E-state index contributed by atoms with van der Waals surface area (Å²) in [6.07, 6.45) is 5.91. The van der Waals surface area contributed by atoms with E-state index in [9.17, 15) is 0 Å². The number of aromatic nitrogens is 1. The molecule has 1 fully saturated rings. The molecule has 2 N–H and O–H groups in total. The molecule has 0 amide bonds. The van der Waals surface area contributed by atoms with Crippen LogP contribution in [0.25, 0.3) is 10.9 Å². The van der Waals surface area contributed by atoms with Crippen LogP contribution in [0.2, 0.25) is 0 Å². The van der Waals surface area contributed by atoms with Gasteiger partial charge in [0, 0.05) is 27.6 Å². The summed E-state index contributed by atoms with van der Waals surface area (Å²) in [5.74, 6) is 0. The molecule has 0 radical (unpaired) electrons. The molecule has 0 bridgehead atoms. The van der Waals surface area contributed by atoms with Crippen molar-refractivity contribution >= 4 is 26.8 Å². The molecule has 3 rings (SSSR count). The Kier molecular flexibility index (Phi) is 2.74. The first-order valence-corrected chi connectivity index (χ1v) is 6.61. The van der Waals surface area contributed by atoms with E-state index in [1.54, 1.807) is 0 Å². The highest BCUT2D eigenvalue weighted by molar-refractivity contribution is 9.10. The number of H-pyrrole nitrogens is 1. The van der Waals surface area contributed by atoms with Crippen molar-refractivity contribution < 1.29 is 0 Å². The standard InChI is InChI=1S/C13H15BrN2/c14-10-3-4-13-12(7-10)9(8-16-13)6-11-2-1-5-15-11/h3-4,7-8,11,15-16H,1-2,5-6H2/t11-/m1/s1. The van der Waals surface area contributed by atoms with Gasteiger partial charge in [0.05, 0.1) is 0 Å². The van der Waals surface area contributed by atoms with Crippen molar-refractivity contribution in [1.29, 1.82) is 0 Å². The van der Waals surface area contributed by atoms with Gasteiger partial charge in [-0.05, 0) is 49.6 Å². The van der Waals surface area contributed by atoms with Gasteiger partial charge < -0.3 is 10.3 Å². The molecule has 2 heterocycles. The van der Waals surface area contributed by atoms with Gasteiger partial charge in [-0.3, -0.25) is 0 Å². The van der Waals surface area contributed by atoms with Crippen LogP contribution in [0.3, 0.4) is 0 Å². The second-order valence-corrected chi connectivity index (χ2v) is 5.42. The topological polar surface area (TPSA) is 27.8 Å². The second-order valence-electron chi connectivity index (χ2n) is 4.50. The van der Waals surface area contributed by atoms with Crippen molar-refractivity contribution in [3.63, 3.8) is 0 Å². The zero-order valence-corrected chi connectivity index (χ0v) is 10.7. The lowest BCUT2D eigenvalue weighted by atomic mass is 10.0. The van der Waals surface area contributed by atoms with Gasteiger partial charge in [-0.25, -0.2) is 0 Å². The molecule has 2 nitrogen and oxygen atoms in total. The lowest BCUT2D eigenvalue weighted by Crippen LogP contribution is -2.23. The van der Waals surface area contributed by atoms with E-state index in [-0.39, 0.29) is 0 Å². The molecular weight excluding hydrogens is 264 g/mol. The average Bonchev–Trinajstić information content (AvgIpc) is 2.90. The Morgan fingerprint density at radius 3 is 3.12 bits per heavy atom. The van der Waals surface area contributed by atoms with Gasteiger partial charge in [-0.15, -0.1) is 0 Å². The number of fused-ring (bicyclic) bond motifs is 1.